The Morgan fingerprint density at radius 3 is 2.26 bits per heavy atom. The Hall–Kier alpha value is -0.840. The highest BCUT2D eigenvalue weighted by molar-refractivity contribution is 7.80. The van der Waals surface area contributed by atoms with Crippen molar-refractivity contribution >= 4 is 23.3 Å². The Morgan fingerprint density at radius 2 is 1.84 bits per heavy atom. The lowest BCUT2D eigenvalue weighted by molar-refractivity contribution is -0.0511. The molecule has 0 aromatic rings. The summed E-state index contributed by atoms with van der Waals surface area (Å²) in [5, 5.41) is 0. The first-order valence-electron chi connectivity index (χ1n) is 6.98. The Balaban J connectivity index is 1.80. The third-order valence-electron chi connectivity index (χ3n) is 4.15. The van der Waals surface area contributed by atoms with Crippen LogP contribution in [0.5, 0.6) is 0 Å². The summed E-state index contributed by atoms with van der Waals surface area (Å²) in [7, 11) is 0. The van der Waals surface area contributed by atoms with E-state index in [-0.39, 0.29) is 6.09 Å². The van der Waals surface area contributed by atoms with Crippen LogP contribution in [0.1, 0.15) is 46.5 Å². The number of hydrogen-bond acceptors (Lipinski definition) is 3. The zero-order chi connectivity index (χ0) is 14.3. The summed E-state index contributed by atoms with van der Waals surface area (Å²) in [6.07, 6.45) is 4.19. The van der Waals surface area contributed by atoms with Crippen molar-refractivity contribution in [2.75, 3.05) is 13.1 Å². The van der Waals surface area contributed by atoms with E-state index in [4.69, 9.17) is 22.7 Å². The largest absolute Gasteiger partial charge is 0.444 e. The van der Waals surface area contributed by atoms with E-state index in [1.807, 2.05) is 25.7 Å². The summed E-state index contributed by atoms with van der Waals surface area (Å²) in [6, 6.07) is 0. The zero-order valence-electron chi connectivity index (χ0n) is 12.1. The number of nitrogens with zero attached hydrogens (tertiary/aromatic N) is 1. The molecule has 0 bridgehead atoms. The highest BCUT2D eigenvalue weighted by Crippen LogP contribution is 2.45. The van der Waals surface area contributed by atoms with Crippen LogP contribution in [0.4, 0.5) is 4.79 Å². The summed E-state index contributed by atoms with van der Waals surface area (Å²) >= 11 is 5.06. The highest BCUT2D eigenvalue weighted by atomic mass is 32.1. The van der Waals surface area contributed by atoms with Gasteiger partial charge in [0, 0.05) is 24.4 Å². The quantitative estimate of drug-likeness (QED) is 0.752. The van der Waals surface area contributed by atoms with Gasteiger partial charge in [0.1, 0.15) is 5.60 Å². The van der Waals surface area contributed by atoms with Crippen LogP contribution in [0.25, 0.3) is 0 Å². The van der Waals surface area contributed by atoms with Crippen molar-refractivity contribution in [2.24, 2.45) is 17.1 Å². The van der Waals surface area contributed by atoms with Gasteiger partial charge < -0.3 is 15.4 Å². The fraction of sp³-hybridized carbons (Fsp3) is 0.857. The number of carbonyl (C=O) groups excluding carboxylic acids is 1. The van der Waals surface area contributed by atoms with Crippen LogP contribution in [0.3, 0.4) is 0 Å². The van der Waals surface area contributed by atoms with Crippen molar-refractivity contribution in [1.29, 1.82) is 0 Å². The number of amides is 1. The second-order valence-corrected chi connectivity index (χ2v) is 7.48. The second kappa shape index (κ2) is 4.93. The van der Waals surface area contributed by atoms with Crippen molar-refractivity contribution in [2.45, 2.75) is 52.1 Å². The molecule has 0 unspecified atom stereocenters. The van der Waals surface area contributed by atoms with Crippen LogP contribution in [-0.2, 0) is 4.74 Å². The van der Waals surface area contributed by atoms with Crippen LogP contribution in [-0.4, -0.2) is 34.7 Å². The first-order valence-corrected chi connectivity index (χ1v) is 7.39. The van der Waals surface area contributed by atoms with Crippen LogP contribution in [0.2, 0.25) is 0 Å². The maximum Gasteiger partial charge on any atom is 0.410 e. The Labute approximate surface area is 120 Å². The van der Waals surface area contributed by atoms with Gasteiger partial charge in [0.25, 0.3) is 0 Å². The Bertz CT molecular complexity index is 373. The van der Waals surface area contributed by atoms with Crippen molar-refractivity contribution < 1.29 is 9.53 Å². The molecule has 1 saturated heterocycles. The SMILES string of the molecule is CC(C)(C)OC(=O)N1CC2(CCC(C(N)=S)CC2)C1. The molecular weight excluding hydrogens is 260 g/mol. The van der Waals surface area contributed by atoms with E-state index in [1.165, 1.54) is 0 Å². The predicted octanol–water partition coefficient (Wildman–Crippen LogP) is 2.70. The molecule has 1 amide bonds. The van der Waals surface area contributed by atoms with Gasteiger partial charge in [-0.15, -0.1) is 0 Å². The van der Waals surface area contributed by atoms with E-state index in [9.17, 15) is 4.79 Å². The number of hydrogen-bond donors (Lipinski definition) is 1. The number of nitrogens with two attached hydrogens (primary N) is 1. The van der Waals surface area contributed by atoms with Crippen molar-refractivity contribution in [3.8, 4) is 0 Å². The molecule has 108 valence electrons. The molecule has 0 aromatic heterocycles. The molecule has 4 nitrogen and oxygen atoms in total. The standard InChI is InChI=1S/C14H24N2O2S/c1-13(2,3)18-12(17)16-8-14(9-16)6-4-10(5-7-14)11(15)19/h10H,4-9H2,1-3H3,(H2,15,19). The van der Waals surface area contributed by atoms with Crippen LogP contribution in [0.15, 0.2) is 0 Å². The number of rotatable bonds is 1. The molecule has 1 aliphatic carbocycles. The monoisotopic (exact) mass is 284 g/mol. The molecule has 19 heavy (non-hydrogen) atoms. The minimum atomic E-state index is -0.413. The van der Waals surface area contributed by atoms with Gasteiger partial charge in [0.05, 0.1) is 4.99 Å². The molecule has 2 aliphatic rings. The minimum Gasteiger partial charge on any atom is -0.444 e. The molecule has 1 heterocycles. The van der Waals surface area contributed by atoms with Gasteiger partial charge in [0.2, 0.25) is 0 Å². The topological polar surface area (TPSA) is 55.6 Å². The van der Waals surface area contributed by atoms with E-state index < -0.39 is 5.60 Å². The van der Waals surface area contributed by atoms with E-state index >= 15 is 0 Å². The van der Waals surface area contributed by atoms with Crippen molar-refractivity contribution in [1.82, 2.24) is 4.90 Å². The molecule has 5 heteroatoms. The molecule has 1 aliphatic heterocycles. The average molecular weight is 284 g/mol. The molecule has 1 spiro atoms. The van der Waals surface area contributed by atoms with Gasteiger partial charge >= 0.3 is 6.09 Å². The first kappa shape index (κ1) is 14.6. The van der Waals surface area contributed by atoms with Gasteiger partial charge in [-0.2, -0.15) is 0 Å². The Kier molecular flexibility index (Phi) is 3.78. The molecule has 0 aromatic carbocycles. The summed E-state index contributed by atoms with van der Waals surface area (Å²) in [5.41, 5.74) is 5.60. The summed E-state index contributed by atoms with van der Waals surface area (Å²) in [4.78, 5) is 14.4. The molecular formula is C14H24N2O2S. The Morgan fingerprint density at radius 1 is 1.32 bits per heavy atom. The third-order valence-corrected chi connectivity index (χ3v) is 4.49. The lowest BCUT2D eigenvalue weighted by atomic mass is 9.66. The summed E-state index contributed by atoms with van der Waals surface area (Å²) in [6.45, 7) is 7.34. The maximum absolute atomic E-state index is 11.9. The van der Waals surface area contributed by atoms with Crippen LogP contribution in [0, 0.1) is 11.3 Å². The molecule has 0 radical (unpaired) electrons. The summed E-state index contributed by atoms with van der Waals surface area (Å²) < 4.78 is 5.38. The summed E-state index contributed by atoms with van der Waals surface area (Å²) in [5.74, 6) is 0.399. The number of ether oxygens (including phenoxy) is 1. The van der Waals surface area contributed by atoms with Crippen molar-refractivity contribution in [3.63, 3.8) is 0 Å². The lowest BCUT2D eigenvalue weighted by Crippen LogP contribution is -2.60. The number of likely N-dealkylation sites (tertiary alicyclic amines) is 1. The van der Waals surface area contributed by atoms with Gasteiger partial charge in [-0.1, -0.05) is 12.2 Å². The predicted molar refractivity (Wildman–Crippen MR) is 79.0 cm³/mol. The maximum atomic E-state index is 11.9. The van der Waals surface area contributed by atoms with Gasteiger partial charge in [-0.05, 0) is 46.5 Å². The number of carbonyl (C=O) groups is 1. The minimum absolute atomic E-state index is 0.186. The highest BCUT2D eigenvalue weighted by Gasteiger charge is 2.48. The van der Waals surface area contributed by atoms with Crippen LogP contribution >= 0.6 is 12.2 Å². The van der Waals surface area contributed by atoms with Crippen molar-refractivity contribution in [3.05, 3.63) is 0 Å². The molecule has 2 N–H and O–H groups in total. The van der Waals surface area contributed by atoms with Gasteiger partial charge in [-0.3, -0.25) is 0 Å². The van der Waals surface area contributed by atoms with Crippen LogP contribution < -0.4 is 5.73 Å². The first-order chi connectivity index (χ1) is 8.71. The molecule has 2 rings (SSSR count). The second-order valence-electron chi connectivity index (χ2n) is 7.01. The van der Waals surface area contributed by atoms with E-state index in [2.05, 4.69) is 0 Å². The van der Waals surface area contributed by atoms with E-state index in [0.29, 0.717) is 16.3 Å². The van der Waals surface area contributed by atoms with Gasteiger partial charge in [0.15, 0.2) is 0 Å². The number of thiocarbonyl (C=S) groups is 1. The van der Waals surface area contributed by atoms with E-state index in [1.54, 1.807) is 0 Å². The van der Waals surface area contributed by atoms with E-state index in [0.717, 1.165) is 38.8 Å². The fourth-order valence-corrected chi connectivity index (χ4v) is 3.29. The smallest absolute Gasteiger partial charge is 0.410 e. The normalized spacial score (nSPS) is 23.0. The molecule has 1 saturated carbocycles. The third kappa shape index (κ3) is 3.38. The zero-order valence-corrected chi connectivity index (χ0v) is 12.9. The van der Waals surface area contributed by atoms with Gasteiger partial charge in [-0.25, -0.2) is 4.79 Å². The molecule has 0 atom stereocenters. The molecule has 2 fully saturated rings. The lowest BCUT2D eigenvalue weighted by Gasteiger charge is -2.53. The fourth-order valence-electron chi connectivity index (χ4n) is 3.05. The average Bonchev–Trinajstić information content (AvgIpc) is 2.23.